The fourth-order valence-electron chi connectivity index (χ4n) is 3.64. The molecule has 2 atom stereocenters. The molecular weight excluding hydrogens is 354 g/mol. The molecule has 150 valence electrons. The minimum Gasteiger partial charge on any atom is -0.497 e. The van der Waals surface area contributed by atoms with Crippen LogP contribution in [-0.2, 0) is 4.79 Å². The highest BCUT2D eigenvalue weighted by atomic mass is 16.5. The molecule has 0 radical (unpaired) electrons. The Hall–Kier alpha value is -2.69. The van der Waals surface area contributed by atoms with E-state index in [2.05, 4.69) is 11.4 Å². The number of fused-ring (bicyclic) bond motifs is 1. The zero-order valence-electron chi connectivity index (χ0n) is 17.5. The standard InChI is InChI=1S/C23H29NO4/c1-14-9-15(2)11-18(10-14)27-16(3)22(25)24-20-13-23(4,5)28-21-12-17(26-6)7-8-19(20)21/h7-12,16,20H,13H2,1-6H3,(H,24,25)/t16-,20-/m1/s1. The van der Waals surface area contributed by atoms with Crippen LogP contribution in [0.15, 0.2) is 36.4 Å². The predicted molar refractivity (Wildman–Crippen MR) is 109 cm³/mol. The smallest absolute Gasteiger partial charge is 0.261 e. The SMILES string of the molecule is COc1ccc2c(c1)OC(C)(C)C[C@H]2NC(=O)[C@@H](C)Oc1cc(C)cc(C)c1. The quantitative estimate of drug-likeness (QED) is 0.826. The normalized spacial score (nSPS) is 18.4. The maximum absolute atomic E-state index is 12.8. The molecule has 0 fully saturated rings. The maximum atomic E-state index is 12.8. The molecule has 3 rings (SSSR count). The minimum atomic E-state index is -0.603. The van der Waals surface area contributed by atoms with Gasteiger partial charge in [0.1, 0.15) is 22.8 Å². The van der Waals surface area contributed by atoms with Gasteiger partial charge in [-0.15, -0.1) is 0 Å². The van der Waals surface area contributed by atoms with E-state index in [0.29, 0.717) is 12.2 Å². The average molecular weight is 383 g/mol. The fraction of sp³-hybridized carbons (Fsp3) is 0.435. The minimum absolute atomic E-state index is 0.149. The highest BCUT2D eigenvalue weighted by Crippen LogP contribution is 2.41. The number of carbonyl (C=O) groups excluding carboxylic acids is 1. The Morgan fingerprint density at radius 1 is 1.14 bits per heavy atom. The van der Waals surface area contributed by atoms with Crippen molar-refractivity contribution in [1.82, 2.24) is 5.32 Å². The number of nitrogens with one attached hydrogen (secondary N) is 1. The molecule has 0 saturated carbocycles. The monoisotopic (exact) mass is 383 g/mol. The summed E-state index contributed by atoms with van der Waals surface area (Å²) in [6, 6.07) is 11.5. The summed E-state index contributed by atoms with van der Waals surface area (Å²) in [5.74, 6) is 2.03. The van der Waals surface area contributed by atoms with Gasteiger partial charge in [0.25, 0.3) is 5.91 Å². The number of ether oxygens (including phenoxy) is 3. The number of carbonyl (C=O) groups is 1. The van der Waals surface area contributed by atoms with E-state index in [4.69, 9.17) is 14.2 Å². The van der Waals surface area contributed by atoms with E-state index in [1.54, 1.807) is 14.0 Å². The molecular formula is C23H29NO4. The van der Waals surface area contributed by atoms with Gasteiger partial charge in [-0.05, 0) is 70.0 Å². The summed E-state index contributed by atoms with van der Waals surface area (Å²) in [6.07, 6.45) is 0.0720. The lowest BCUT2D eigenvalue weighted by molar-refractivity contribution is -0.128. The van der Waals surface area contributed by atoms with Crippen molar-refractivity contribution in [2.75, 3.05) is 7.11 Å². The van der Waals surface area contributed by atoms with E-state index < -0.39 is 11.7 Å². The molecule has 1 aliphatic rings. The highest BCUT2D eigenvalue weighted by molar-refractivity contribution is 5.81. The van der Waals surface area contributed by atoms with Crippen molar-refractivity contribution < 1.29 is 19.0 Å². The largest absolute Gasteiger partial charge is 0.497 e. The molecule has 0 unspecified atom stereocenters. The van der Waals surface area contributed by atoms with Crippen molar-refractivity contribution in [2.45, 2.75) is 58.8 Å². The Bertz CT molecular complexity index is 855. The maximum Gasteiger partial charge on any atom is 0.261 e. The molecule has 0 aromatic heterocycles. The van der Waals surface area contributed by atoms with Crippen LogP contribution in [0, 0.1) is 13.8 Å². The van der Waals surface area contributed by atoms with Crippen molar-refractivity contribution in [3.05, 3.63) is 53.1 Å². The Kier molecular flexibility index (Phi) is 5.54. The molecule has 0 saturated heterocycles. The number of benzene rings is 2. The summed E-state index contributed by atoms with van der Waals surface area (Å²) in [5, 5.41) is 3.13. The van der Waals surface area contributed by atoms with Crippen LogP contribution in [0.5, 0.6) is 17.2 Å². The first-order valence-electron chi connectivity index (χ1n) is 9.59. The molecule has 0 spiro atoms. The van der Waals surface area contributed by atoms with Crippen LogP contribution < -0.4 is 19.5 Å². The summed E-state index contributed by atoms with van der Waals surface area (Å²) in [4.78, 5) is 12.8. The second-order valence-corrected chi connectivity index (χ2v) is 8.11. The van der Waals surface area contributed by atoms with Gasteiger partial charge in [-0.25, -0.2) is 0 Å². The lowest BCUT2D eigenvalue weighted by atomic mass is 9.89. The van der Waals surface area contributed by atoms with Gasteiger partial charge in [-0.2, -0.15) is 0 Å². The summed E-state index contributed by atoms with van der Waals surface area (Å²) in [5.41, 5.74) is 2.77. The molecule has 28 heavy (non-hydrogen) atoms. The van der Waals surface area contributed by atoms with E-state index in [9.17, 15) is 4.79 Å². The number of hydrogen-bond donors (Lipinski definition) is 1. The first-order chi connectivity index (χ1) is 13.2. The summed E-state index contributed by atoms with van der Waals surface area (Å²) in [7, 11) is 1.63. The van der Waals surface area contributed by atoms with Crippen LogP contribution in [0.25, 0.3) is 0 Å². The first kappa shape index (κ1) is 20.1. The van der Waals surface area contributed by atoms with Crippen molar-refractivity contribution in [1.29, 1.82) is 0 Å². The third-order valence-electron chi connectivity index (χ3n) is 4.87. The van der Waals surface area contributed by atoms with Crippen LogP contribution >= 0.6 is 0 Å². The number of rotatable bonds is 5. The molecule has 0 aliphatic carbocycles. The van der Waals surface area contributed by atoms with E-state index in [1.807, 2.05) is 58.0 Å². The van der Waals surface area contributed by atoms with Crippen molar-refractivity contribution >= 4 is 5.91 Å². The van der Waals surface area contributed by atoms with Crippen LogP contribution in [-0.4, -0.2) is 24.7 Å². The third-order valence-corrected chi connectivity index (χ3v) is 4.87. The van der Waals surface area contributed by atoms with Crippen LogP contribution in [0.2, 0.25) is 0 Å². The van der Waals surface area contributed by atoms with Gasteiger partial charge in [-0.3, -0.25) is 4.79 Å². The molecule has 1 N–H and O–H groups in total. The van der Waals surface area contributed by atoms with E-state index in [-0.39, 0.29) is 11.9 Å². The Morgan fingerprint density at radius 2 is 1.82 bits per heavy atom. The van der Waals surface area contributed by atoms with E-state index >= 15 is 0 Å². The summed E-state index contributed by atoms with van der Waals surface area (Å²) >= 11 is 0. The van der Waals surface area contributed by atoms with Gasteiger partial charge in [-0.1, -0.05) is 6.07 Å². The Labute approximate surface area is 167 Å². The summed E-state index contributed by atoms with van der Waals surface area (Å²) < 4.78 is 17.3. The lowest BCUT2D eigenvalue weighted by Crippen LogP contribution is -2.44. The molecule has 5 nitrogen and oxygen atoms in total. The predicted octanol–water partition coefficient (Wildman–Crippen LogP) is 4.50. The number of aryl methyl sites for hydroxylation is 2. The number of amides is 1. The molecule has 2 aromatic rings. The van der Waals surface area contributed by atoms with Gasteiger partial charge in [0.05, 0.1) is 13.2 Å². The number of hydrogen-bond acceptors (Lipinski definition) is 4. The number of methoxy groups -OCH3 is 1. The van der Waals surface area contributed by atoms with Gasteiger partial charge in [0.15, 0.2) is 6.10 Å². The molecule has 1 aliphatic heterocycles. The van der Waals surface area contributed by atoms with Crippen LogP contribution in [0.4, 0.5) is 0 Å². The second kappa shape index (κ2) is 7.74. The lowest BCUT2D eigenvalue weighted by Gasteiger charge is -2.38. The van der Waals surface area contributed by atoms with Gasteiger partial charge < -0.3 is 19.5 Å². The van der Waals surface area contributed by atoms with Crippen LogP contribution in [0.3, 0.4) is 0 Å². The van der Waals surface area contributed by atoms with Crippen molar-refractivity contribution in [3.63, 3.8) is 0 Å². The van der Waals surface area contributed by atoms with E-state index in [1.165, 1.54) is 0 Å². The average Bonchev–Trinajstić information content (AvgIpc) is 2.59. The molecule has 2 aromatic carbocycles. The molecule has 0 bridgehead atoms. The zero-order valence-corrected chi connectivity index (χ0v) is 17.5. The Morgan fingerprint density at radius 3 is 2.46 bits per heavy atom. The molecule has 1 heterocycles. The van der Waals surface area contributed by atoms with Crippen LogP contribution in [0.1, 0.15) is 49.9 Å². The van der Waals surface area contributed by atoms with Crippen molar-refractivity contribution in [3.8, 4) is 17.2 Å². The van der Waals surface area contributed by atoms with Gasteiger partial charge in [0, 0.05) is 18.1 Å². The second-order valence-electron chi connectivity index (χ2n) is 8.11. The van der Waals surface area contributed by atoms with Crippen molar-refractivity contribution in [2.24, 2.45) is 0 Å². The highest BCUT2D eigenvalue weighted by Gasteiger charge is 2.35. The zero-order chi connectivity index (χ0) is 20.5. The summed E-state index contributed by atoms with van der Waals surface area (Å²) in [6.45, 7) is 9.83. The van der Waals surface area contributed by atoms with Gasteiger partial charge >= 0.3 is 0 Å². The topological polar surface area (TPSA) is 56.8 Å². The van der Waals surface area contributed by atoms with E-state index in [0.717, 1.165) is 28.2 Å². The molecule has 1 amide bonds. The Balaban J connectivity index is 1.76. The molecule has 5 heteroatoms. The first-order valence-corrected chi connectivity index (χ1v) is 9.59. The third kappa shape index (κ3) is 4.58. The van der Waals surface area contributed by atoms with Gasteiger partial charge in [0.2, 0.25) is 0 Å². The fourth-order valence-corrected chi connectivity index (χ4v) is 3.64.